The highest BCUT2D eigenvalue weighted by Crippen LogP contribution is 2.25. The topological polar surface area (TPSA) is 77.9 Å². The van der Waals surface area contributed by atoms with Crippen molar-refractivity contribution in [2.24, 2.45) is 5.92 Å². The van der Waals surface area contributed by atoms with E-state index in [9.17, 15) is 19.5 Å². The second kappa shape index (κ2) is 7.34. The standard InChI is InChI=1S/C17H22N2O4S/c20-15(18-8-3-5-12(11-18)17(22)23)13-6-1-2-9-19(13)16(21)14-7-4-10-24-14/h4,7,10,12-13H,1-3,5-6,8-9,11H2,(H,22,23). The van der Waals surface area contributed by atoms with Gasteiger partial charge in [0.05, 0.1) is 10.8 Å². The number of carbonyl (C=O) groups excluding carboxylic acids is 2. The van der Waals surface area contributed by atoms with Gasteiger partial charge in [-0.1, -0.05) is 6.07 Å². The van der Waals surface area contributed by atoms with E-state index in [4.69, 9.17) is 0 Å². The second-order valence-electron chi connectivity index (χ2n) is 6.45. The normalized spacial score (nSPS) is 24.7. The molecule has 2 amide bonds. The number of carbonyl (C=O) groups is 3. The van der Waals surface area contributed by atoms with Gasteiger partial charge in [0, 0.05) is 19.6 Å². The Kier molecular flexibility index (Phi) is 5.18. The maximum absolute atomic E-state index is 12.9. The van der Waals surface area contributed by atoms with Crippen molar-refractivity contribution in [2.75, 3.05) is 19.6 Å². The van der Waals surface area contributed by atoms with E-state index in [0.717, 1.165) is 12.8 Å². The molecule has 6 nitrogen and oxygen atoms in total. The molecule has 1 aromatic rings. The minimum absolute atomic E-state index is 0.0881. The zero-order valence-corrected chi connectivity index (χ0v) is 14.3. The van der Waals surface area contributed by atoms with Crippen LogP contribution >= 0.6 is 11.3 Å². The predicted molar refractivity (Wildman–Crippen MR) is 89.9 cm³/mol. The molecular weight excluding hydrogens is 328 g/mol. The first-order chi connectivity index (χ1) is 11.6. The molecule has 1 N–H and O–H groups in total. The Morgan fingerprint density at radius 1 is 1.12 bits per heavy atom. The Labute approximate surface area is 145 Å². The lowest BCUT2D eigenvalue weighted by molar-refractivity contribution is -0.147. The van der Waals surface area contributed by atoms with Crippen LogP contribution in [0.5, 0.6) is 0 Å². The molecule has 2 aliphatic rings. The fourth-order valence-electron chi connectivity index (χ4n) is 3.56. The molecule has 0 saturated carbocycles. The summed E-state index contributed by atoms with van der Waals surface area (Å²) in [6, 6.07) is 3.16. The summed E-state index contributed by atoms with van der Waals surface area (Å²) in [7, 11) is 0. The van der Waals surface area contributed by atoms with Crippen molar-refractivity contribution in [1.29, 1.82) is 0 Å². The number of hydrogen-bond donors (Lipinski definition) is 1. The Hall–Kier alpha value is -1.89. The van der Waals surface area contributed by atoms with Crippen LogP contribution in [-0.2, 0) is 9.59 Å². The van der Waals surface area contributed by atoms with E-state index in [2.05, 4.69) is 0 Å². The Morgan fingerprint density at radius 2 is 1.96 bits per heavy atom. The average Bonchev–Trinajstić information content (AvgIpc) is 3.15. The van der Waals surface area contributed by atoms with E-state index in [1.54, 1.807) is 15.9 Å². The van der Waals surface area contributed by atoms with Gasteiger partial charge in [0.25, 0.3) is 5.91 Å². The van der Waals surface area contributed by atoms with E-state index in [1.165, 1.54) is 11.3 Å². The summed E-state index contributed by atoms with van der Waals surface area (Å²) in [6.45, 7) is 1.43. The van der Waals surface area contributed by atoms with Crippen LogP contribution in [-0.4, -0.2) is 58.4 Å². The van der Waals surface area contributed by atoms with Gasteiger partial charge >= 0.3 is 5.97 Å². The number of carboxylic acids is 1. The summed E-state index contributed by atoms with van der Waals surface area (Å²) < 4.78 is 0. The van der Waals surface area contributed by atoms with E-state index in [0.29, 0.717) is 37.2 Å². The molecule has 0 aromatic carbocycles. The van der Waals surface area contributed by atoms with Crippen molar-refractivity contribution in [3.63, 3.8) is 0 Å². The predicted octanol–water partition coefficient (Wildman–Crippen LogP) is 2.07. The molecule has 0 spiro atoms. The average molecular weight is 350 g/mol. The van der Waals surface area contributed by atoms with Crippen LogP contribution in [0.2, 0.25) is 0 Å². The summed E-state index contributed by atoms with van der Waals surface area (Å²) in [6.07, 6.45) is 3.79. The van der Waals surface area contributed by atoms with Crippen LogP contribution < -0.4 is 0 Å². The molecule has 2 atom stereocenters. The molecule has 130 valence electrons. The van der Waals surface area contributed by atoms with Gasteiger partial charge in [-0.2, -0.15) is 0 Å². The summed E-state index contributed by atoms with van der Waals surface area (Å²) in [4.78, 5) is 40.9. The monoisotopic (exact) mass is 350 g/mol. The highest BCUT2D eigenvalue weighted by molar-refractivity contribution is 7.12. The molecule has 7 heteroatoms. The third-order valence-corrected chi connectivity index (χ3v) is 5.72. The van der Waals surface area contributed by atoms with E-state index in [-0.39, 0.29) is 18.4 Å². The van der Waals surface area contributed by atoms with Crippen molar-refractivity contribution in [3.8, 4) is 0 Å². The van der Waals surface area contributed by atoms with Crippen molar-refractivity contribution in [3.05, 3.63) is 22.4 Å². The van der Waals surface area contributed by atoms with E-state index in [1.807, 2.05) is 11.4 Å². The largest absolute Gasteiger partial charge is 0.481 e. The van der Waals surface area contributed by atoms with Gasteiger partial charge in [0.1, 0.15) is 6.04 Å². The number of carboxylic acid groups (broad SMARTS) is 1. The first kappa shape index (κ1) is 17.0. The number of amides is 2. The lowest BCUT2D eigenvalue weighted by atomic mass is 9.95. The van der Waals surface area contributed by atoms with Gasteiger partial charge in [-0.15, -0.1) is 11.3 Å². The third-order valence-electron chi connectivity index (χ3n) is 4.86. The van der Waals surface area contributed by atoms with Crippen molar-refractivity contribution < 1.29 is 19.5 Å². The molecule has 2 fully saturated rings. The minimum atomic E-state index is -0.845. The maximum atomic E-state index is 12.9. The molecule has 0 bridgehead atoms. The van der Waals surface area contributed by atoms with Crippen LogP contribution in [0.25, 0.3) is 0 Å². The maximum Gasteiger partial charge on any atom is 0.308 e. The molecule has 3 heterocycles. The highest BCUT2D eigenvalue weighted by atomic mass is 32.1. The minimum Gasteiger partial charge on any atom is -0.481 e. The lowest BCUT2D eigenvalue weighted by Crippen LogP contribution is -2.55. The molecule has 2 saturated heterocycles. The molecule has 2 unspecified atom stereocenters. The summed E-state index contributed by atoms with van der Waals surface area (Å²) in [5.74, 6) is -1.52. The van der Waals surface area contributed by atoms with Gasteiger partial charge in [0.15, 0.2) is 0 Å². The second-order valence-corrected chi connectivity index (χ2v) is 7.40. The van der Waals surface area contributed by atoms with Gasteiger partial charge in [0.2, 0.25) is 5.91 Å². The summed E-state index contributed by atoms with van der Waals surface area (Å²) in [5, 5.41) is 11.1. The molecule has 24 heavy (non-hydrogen) atoms. The number of thiophene rings is 1. The van der Waals surface area contributed by atoms with E-state index >= 15 is 0 Å². The first-order valence-corrected chi connectivity index (χ1v) is 9.32. The zero-order chi connectivity index (χ0) is 17.1. The van der Waals surface area contributed by atoms with Crippen LogP contribution in [0.3, 0.4) is 0 Å². The lowest BCUT2D eigenvalue weighted by Gasteiger charge is -2.39. The summed E-state index contributed by atoms with van der Waals surface area (Å²) >= 11 is 1.38. The smallest absolute Gasteiger partial charge is 0.308 e. The quantitative estimate of drug-likeness (QED) is 0.905. The SMILES string of the molecule is O=C(O)C1CCCN(C(=O)C2CCCCN2C(=O)c2cccs2)C1. The Bertz CT molecular complexity index is 616. The summed E-state index contributed by atoms with van der Waals surface area (Å²) in [5.41, 5.74) is 0. The molecule has 3 rings (SSSR count). The zero-order valence-electron chi connectivity index (χ0n) is 13.5. The van der Waals surface area contributed by atoms with Gasteiger partial charge in [-0.25, -0.2) is 0 Å². The number of likely N-dealkylation sites (tertiary alicyclic amines) is 2. The number of rotatable bonds is 3. The number of nitrogens with zero attached hydrogens (tertiary/aromatic N) is 2. The molecular formula is C17H22N2O4S. The van der Waals surface area contributed by atoms with Crippen molar-refractivity contribution in [2.45, 2.75) is 38.1 Å². The fourth-order valence-corrected chi connectivity index (χ4v) is 4.24. The number of piperidine rings is 2. The van der Waals surface area contributed by atoms with Crippen molar-refractivity contribution >= 4 is 29.1 Å². The van der Waals surface area contributed by atoms with Crippen LogP contribution in [0.15, 0.2) is 17.5 Å². The van der Waals surface area contributed by atoms with E-state index < -0.39 is 17.9 Å². The third kappa shape index (κ3) is 3.45. The molecule has 1 aromatic heterocycles. The molecule has 2 aliphatic heterocycles. The van der Waals surface area contributed by atoms with Gasteiger partial charge in [-0.3, -0.25) is 14.4 Å². The fraction of sp³-hybridized carbons (Fsp3) is 0.588. The van der Waals surface area contributed by atoms with Crippen LogP contribution in [0.1, 0.15) is 41.8 Å². The molecule has 0 aliphatic carbocycles. The number of aliphatic carboxylic acids is 1. The van der Waals surface area contributed by atoms with Gasteiger partial charge < -0.3 is 14.9 Å². The van der Waals surface area contributed by atoms with Crippen molar-refractivity contribution in [1.82, 2.24) is 9.80 Å². The number of hydrogen-bond acceptors (Lipinski definition) is 4. The highest BCUT2D eigenvalue weighted by Gasteiger charge is 2.37. The Morgan fingerprint density at radius 3 is 2.67 bits per heavy atom. The Balaban J connectivity index is 1.74. The van der Waals surface area contributed by atoms with Gasteiger partial charge in [-0.05, 0) is 43.6 Å². The first-order valence-electron chi connectivity index (χ1n) is 8.44. The molecule has 0 radical (unpaired) electrons. The van der Waals surface area contributed by atoms with Crippen LogP contribution in [0.4, 0.5) is 0 Å². The van der Waals surface area contributed by atoms with Crippen LogP contribution in [0, 0.1) is 5.92 Å².